The van der Waals surface area contributed by atoms with Crippen molar-refractivity contribution in [3.05, 3.63) is 0 Å². The molecule has 0 bridgehead atoms. The van der Waals surface area contributed by atoms with Crippen LogP contribution >= 0.6 is 12.6 Å². The first-order valence-electron chi connectivity index (χ1n) is 7.13. The molecular weight excluding hydrogens is 294 g/mol. The number of thiol groups is 1. The van der Waals surface area contributed by atoms with Crippen LogP contribution in [0.3, 0.4) is 0 Å². The highest BCUT2D eigenvalue weighted by molar-refractivity contribution is 7.80. The molecule has 0 aliphatic heterocycles. The number of urea groups is 1. The van der Waals surface area contributed by atoms with Gasteiger partial charge in [0.2, 0.25) is 5.91 Å². The van der Waals surface area contributed by atoms with Crippen LogP contribution in [0.15, 0.2) is 0 Å². The Bertz CT molecular complexity index is 291. The zero-order valence-corrected chi connectivity index (χ0v) is 13.7. The van der Waals surface area contributed by atoms with Crippen LogP contribution in [0, 0.1) is 5.92 Å². The van der Waals surface area contributed by atoms with Crippen LogP contribution in [0.2, 0.25) is 0 Å². The van der Waals surface area contributed by atoms with Gasteiger partial charge in [-0.1, -0.05) is 13.8 Å². The standard InChI is InChI=1S/C13H27N3O4S/c1-11(2)12(17)14-3-6-19-8-9-20-7-4-15-13(18)16-5-10-21/h11,21H,3-10H2,1-2H3,(H,14,17)(H2,15,16,18). The van der Waals surface area contributed by atoms with E-state index in [9.17, 15) is 9.59 Å². The number of hydrogen-bond donors (Lipinski definition) is 4. The molecule has 0 aromatic carbocycles. The largest absolute Gasteiger partial charge is 0.377 e. The number of hydrogen-bond acceptors (Lipinski definition) is 5. The first kappa shape index (κ1) is 20.0. The van der Waals surface area contributed by atoms with Crippen LogP contribution < -0.4 is 16.0 Å². The van der Waals surface area contributed by atoms with Crippen LogP contribution in [0.5, 0.6) is 0 Å². The SMILES string of the molecule is CC(C)C(=O)NCCOCCOCCNC(=O)NCCS. The maximum absolute atomic E-state index is 11.2. The maximum Gasteiger partial charge on any atom is 0.314 e. The summed E-state index contributed by atoms with van der Waals surface area (Å²) in [7, 11) is 0. The molecule has 0 atom stereocenters. The summed E-state index contributed by atoms with van der Waals surface area (Å²) in [6.45, 7) is 6.99. The highest BCUT2D eigenvalue weighted by atomic mass is 32.1. The van der Waals surface area contributed by atoms with Gasteiger partial charge in [-0.3, -0.25) is 4.79 Å². The Morgan fingerprint density at radius 3 is 1.95 bits per heavy atom. The van der Waals surface area contributed by atoms with Gasteiger partial charge in [0, 0.05) is 31.3 Å². The van der Waals surface area contributed by atoms with Crippen molar-refractivity contribution in [3.63, 3.8) is 0 Å². The van der Waals surface area contributed by atoms with E-state index in [0.29, 0.717) is 51.8 Å². The Kier molecular flexibility index (Phi) is 13.3. The lowest BCUT2D eigenvalue weighted by Gasteiger charge is -2.09. The predicted octanol–water partition coefficient (Wildman–Crippen LogP) is 0.0208. The molecule has 0 heterocycles. The molecule has 0 spiro atoms. The number of rotatable bonds is 12. The van der Waals surface area contributed by atoms with Gasteiger partial charge in [0.25, 0.3) is 0 Å². The first-order valence-corrected chi connectivity index (χ1v) is 7.77. The van der Waals surface area contributed by atoms with E-state index in [1.807, 2.05) is 13.8 Å². The monoisotopic (exact) mass is 321 g/mol. The summed E-state index contributed by atoms with van der Waals surface area (Å²) in [4.78, 5) is 22.4. The van der Waals surface area contributed by atoms with Crippen molar-refractivity contribution in [2.75, 3.05) is 51.8 Å². The molecule has 3 N–H and O–H groups in total. The second kappa shape index (κ2) is 14.0. The average molecular weight is 321 g/mol. The second-order valence-corrected chi connectivity index (χ2v) is 5.02. The molecule has 0 rings (SSSR count). The quantitative estimate of drug-likeness (QED) is 0.301. The topological polar surface area (TPSA) is 88.7 Å². The van der Waals surface area contributed by atoms with Gasteiger partial charge in [0.15, 0.2) is 0 Å². The van der Waals surface area contributed by atoms with E-state index in [-0.39, 0.29) is 17.9 Å². The predicted molar refractivity (Wildman–Crippen MR) is 84.7 cm³/mol. The summed E-state index contributed by atoms with van der Waals surface area (Å²) in [6, 6.07) is -0.218. The summed E-state index contributed by atoms with van der Waals surface area (Å²) < 4.78 is 10.6. The van der Waals surface area contributed by atoms with E-state index in [1.54, 1.807) is 0 Å². The molecule has 0 unspecified atom stereocenters. The van der Waals surface area contributed by atoms with Gasteiger partial charge in [-0.05, 0) is 0 Å². The van der Waals surface area contributed by atoms with Gasteiger partial charge in [-0.15, -0.1) is 0 Å². The van der Waals surface area contributed by atoms with E-state index in [4.69, 9.17) is 9.47 Å². The summed E-state index contributed by atoms with van der Waals surface area (Å²) in [5.41, 5.74) is 0. The third-order valence-electron chi connectivity index (χ3n) is 2.37. The van der Waals surface area contributed by atoms with Gasteiger partial charge in [0.1, 0.15) is 0 Å². The van der Waals surface area contributed by atoms with Crippen molar-refractivity contribution < 1.29 is 19.1 Å². The highest BCUT2D eigenvalue weighted by Crippen LogP contribution is 1.89. The van der Waals surface area contributed by atoms with E-state index >= 15 is 0 Å². The van der Waals surface area contributed by atoms with Gasteiger partial charge < -0.3 is 25.4 Å². The van der Waals surface area contributed by atoms with Crippen molar-refractivity contribution in [1.82, 2.24) is 16.0 Å². The van der Waals surface area contributed by atoms with E-state index < -0.39 is 0 Å². The molecule has 0 aliphatic rings. The van der Waals surface area contributed by atoms with Crippen LogP contribution in [0.1, 0.15) is 13.8 Å². The fraction of sp³-hybridized carbons (Fsp3) is 0.846. The lowest BCUT2D eigenvalue weighted by atomic mass is 10.2. The first-order chi connectivity index (χ1) is 10.1. The minimum absolute atomic E-state index is 0.00853. The minimum Gasteiger partial charge on any atom is -0.377 e. The van der Waals surface area contributed by atoms with Crippen LogP contribution in [-0.2, 0) is 14.3 Å². The average Bonchev–Trinajstić information content (AvgIpc) is 2.46. The van der Waals surface area contributed by atoms with Crippen molar-refractivity contribution in [2.24, 2.45) is 5.92 Å². The fourth-order valence-electron chi connectivity index (χ4n) is 1.24. The maximum atomic E-state index is 11.2. The molecule has 0 aromatic rings. The molecule has 0 fully saturated rings. The van der Waals surface area contributed by atoms with Crippen LogP contribution in [0.25, 0.3) is 0 Å². The van der Waals surface area contributed by atoms with Crippen molar-refractivity contribution >= 4 is 24.6 Å². The molecule has 0 aromatic heterocycles. The highest BCUT2D eigenvalue weighted by Gasteiger charge is 2.04. The van der Waals surface area contributed by atoms with Gasteiger partial charge in [-0.25, -0.2) is 4.79 Å². The molecule has 7 nitrogen and oxygen atoms in total. The molecule has 0 radical (unpaired) electrons. The van der Waals surface area contributed by atoms with Gasteiger partial charge in [0.05, 0.1) is 26.4 Å². The summed E-state index contributed by atoms with van der Waals surface area (Å²) >= 11 is 3.98. The normalized spacial score (nSPS) is 10.5. The van der Waals surface area contributed by atoms with Crippen LogP contribution in [-0.4, -0.2) is 63.8 Å². The molecule has 0 aliphatic carbocycles. The third kappa shape index (κ3) is 13.7. The smallest absolute Gasteiger partial charge is 0.314 e. The Balaban J connectivity index is 3.19. The van der Waals surface area contributed by atoms with Crippen molar-refractivity contribution in [1.29, 1.82) is 0 Å². The fourth-order valence-corrected chi connectivity index (χ4v) is 1.35. The Morgan fingerprint density at radius 2 is 1.43 bits per heavy atom. The van der Waals surface area contributed by atoms with Gasteiger partial charge in [-0.2, -0.15) is 12.6 Å². The molecule has 124 valence electrons. The molecule has 8 heteroatoms. The van der Waals surface area contributed by atoms with Gasteiger partial charge >= 0.3 is 6.03 Å². The Hall–Kier alpha value is -0.990. The number of carbonyl (C=O) groups is 2. The third-order valence-corrected chi connectivity index (χ3v) is 2.59. The number of carbonyl (C=O) groups excluding carboxylic acids is 2. The lowest BCUT2D eigenvalue weighted by Crippen LogP contribution is -2.38. The van der Waals surface area contributed by atoms with Crippen molar-refractivity contribution in [3.8, 4) is 0 Å². The second-order valence-electron chi connectivity index (χ2n) is 4.58. The molecule has 3 amide bonds. The summed E-state index contributed by atoms with van der Waals surface area (Å²) in [5.74, 6) is 0.627. The van der Waals surface area contributed by atoms with E-state index in [1.165, 1.54) is 0 Å². The molecule has 0 saturated heterocycles. The lowest BCUT2D eigenvalue weighted by molar-refractivity contribution is -0.124. The molecule has 0 saturated carbocycles. The van der Waals surface area contributed by atoms with Crippen molar-refractivity contribution in [2.45, 2.75) is 13.8 Å². The molecule has 21 heavy (non-hydrogen) atoms. The number of nitrogens with one attached hydrogen (secondary N) is 3. The van der Waals surface area contributed by atoms with E-state index in [2.05, 4.69) is 28.6 Å². The summed E-state index contributed by atoms with van der Waals surface area (Å²) in [6.07, 6.45) is 0. The minimum atomic E-state index is -0.218. The Labute approximate surface area is 131 Å². The number of ether oxygens (including phenoxy) is 2. The van der Waals surface area contributed by atoms with Crippen LogP contribution in [0.4, 0.5) is 4.79 Å². The zero-order chi connectivity index (χ0) is 15.9. The number of amides is 3. The van der Waals surface area contributed by atoms with E-state index in [0.717, 1.165) is 0 Å². The molecular formula is C13H27N3O4S. The Morgan fingerprint density at radius 1 is 0.905 bits per heavy atom. The summed E-state index contributed by atoms with van der Waals surface area (Å²) in [5, 5.41) is 8.05. The zero-order valence-electron chi connectivity index (χ0n) is 12.8.